The van der Waals surface area contributed by atoms with Gasteiger partial charge in [-0.2, -0.15) is 0 Å². The van der Waals surface area contributed by atoms with Gasteiger partial charge in [-0.1, -0.05) is 41.8 Å². The quantitative estimate of drug-likeness (QED) is 0.556. The van der Waals surface area contributed by atoms with Gasteiger partial charge >= 0.3 is 0 Å². The minimum absolute atomic E-state index is 0.0150. The first-order chi connectivity index (χ1) is 12.6. The standard InChI is InChI=1S/C21H20BrNO3/c1-2-3-4-9-23-16-7-5-6-15(22)20(16)19(21(23)25)14-11-13-8-10-26-18(13)12-17(14)24/h5-8,10-12,19,24H,2-4,9H2,1H3. The summed E-state index contributed by atoms with van der Waals surface area (Å²) in [7, 11) is 0. The van der Waals surface area contributed by atoms with E-state index in [1.165, 1.54) is 0 Å². The van der Waals surface area contributed by atoms with Crippen molar-refractivity contribution in [3.05, 3.63) is 58.3 Å². The summed E-state index contributed by atoms with van der Waals surface area (Å²) in [6, 6.07) is 11.2. The van der Waals surface area contributed by atoms with E-state index in [1.807, 2.05) is 35.2 Å². The molecule has 3 aromatic rings. The van der Waals surface area contributed by atoms with Gasteiger partial charge in [0.15, 0.2) is 0 Å². The lowest BCUT2D eigenvalue weighted by Gasteiger charge is -2.18. The van der Waals surface area contributed by atoms with E-state index in [4.69, 9.17) is 4.42 Å². The van der Waals surface area contributed by atoms with Crippen molar-refractivity contribution in [3.8, 4) is 5.75 Å². The van der Waals surface area contributed by atoms with E-state index in [-0.39, 0.29) is 11.7 Å². The number of carbonyl (C=O) groups excluding carboxylic acids is 1. The lowest BCUT2D eigenvalue weighted by Crippen LogP contribution is -2.30. The Hall–Kier alpha value is -2.27. The van der Waals surface area contributed by atoms with Crippen molar-refractivity contribution in [1.29, 1.82) is 0 Å². The Kier molecular flexibility index (Phi) is 4.49. The number of phenols is 1. The predicted molar refractivity (Wildman–Crippen MR) is 106 cm³/mol. The van der Waals surface area contributed by atoms with Gasteiger partial charge in [0.25, 0.3) is 0 Å². The van der Waals surface area contributed by atoms with Crippen LogP contribution in [-0.4, -0.2) is 17.6 Å². The Morgan fingerprint density at radius 1 is 1.23 bits per heavy atom. The van der Waals surface area contributed by atoms with E-state index in [0.29, 0.717) is 17.7 Å². The van der Waals surface area contributed by atoms with Gasteiger partial charge in [0.05, 0.1) is 12.2 Å². The smallest absolute Gasteiger partial charge is 0.239 e. The van der Waals surface area contributed by atoms with Crippen molar-refractivity contribution in [2.24, 2.45) is 0 Å². The topological polar surface area (TPSA) is 53.7 Å². The molecule has 1 unspecified atom stereocenters. The van der Waals surface area contributed by atoms with E-state index < -0.39 is 5.92 Å². The highest BCUT2D eigenvalue weighted by Gasteiger charge is 2.40. The number of hydrogen-bond donors (Lipinski definition) is 1. The number of halogens is 1. The van der Waals surface area contributed by atoms with Crippen LogP contribution in [0.1, 0.15) is 43.2 Å². The van der Waals surface area contributed by atoms with Crippen LogP contribution in [0.4, 0.5) is 5.69 Å². The van der Waals surface area contributed by atoms with Crippen LogP contribution in [0.25, 0.3) is 11.0 Å². The molecule has 1 N–H and O–H groups in total. The van der Waals surface area contributed by atoms with Crippen molar-refractivity contribution < 1.29 is 14.3 Å². The van der Waals surface area contributed by atoms with Gasteiger partial charge in [-0.15, -0.1) is 0 Å². The third-order valence-electron chi connectivity index (χ3n) is 5.02. The van der Waals surface area contributed by atoms with Crippen molar-refractivity contribution in [2.75, 3.05) is 11.4 Å². The SMILES string of the molecule is CCCCCN1C(=O)C(c2cc3ccoc3cc2O)c2c(Br)cccc21. The van der Waals surface area contributed by atoms with Crippen molar-refractivity contribution in [3.63, 3.8) is 0 Å². The van der Waals surface area contributed by atoms with E-state index in [9.17, 15) is 9.90 Å². The maximum atomic E-state index is 13.3. The Morgan fingerprint density at radius 2 is 2.08 bits per heavy atom. The molecule has 1 amide bonds. The van der Waals surface area contributed by atoms with Gasteiger partial charge in [0.2, 0.25) is 5.91 Å². The van der Waals surface area contributed by atoms with Crippen LogP contribution in [0.3, 0.4) is 0 Å². The summed E-state index contributed by atoms with van der Waals surface area (Å²) < 4.78 is 6.25. The number of fused-ring (bicyclic) bond motifs is 2. The Morgan fingerprint density at radius 3 is 2.88 bits per heavy atom. The Balaban J connectivity index is 1.83. The average Bonchev–Trinajstić information content (AvgIpc) is 3.18. The van der Waals surface area contributed by atoms with Crippen molar-refractivity contribution in [1.82, 2.24) is 0 Å². The molecule has 2 heterocycles. The number of amides is 1. The maximum absolute atomic E-state index is 13.3. The first-order valence-electron chi connectivity index (χ1n) is 8.91. The molecule has 26 heavy (non-hydrogen) atoms. The molecule has 4 rings (SSSR count). The molecule has 4 nitrogen and oxygen atoms in total. The Bertz CT molecular complexity index is 979. The molecule has 0 saturated carbocycles. The summed E-state index contributed by atoms with van der Waals surface area (Å²) in [6.45, 7) is 2.85. The first kappa shape index (κ1) is 17.2. The number of anilines is 1. The molecule has 0 bridgehead atoms. The summed E-state index contributed by atoms with van der Waals surface area (Å²) in [5, 5.41) is 11.5. The lowest BCUT2D eigenvalue weighted by atomic mass is 9.91. The molecule has 0 saturated heterocycles. The number of carbonyl (C=O) groups is 1. The van der Waals surface area contributed by atoms with Gasteiger partial charge in [0.1, 0.15) is 11.3 Å². The highest BCUT2D eigenvalue weighted by atomic mass is 79.9. The predicted octanol–water partition coefficient (Wildman–Crippen LogP) is 5.57. The molecule has 0 spiro atoms. The molecule has 2 aromatic carbocycles. The Labute approximate surface area is 160 Å². The molecule has 134 valence electrons. The first-order valence-corrected chi connectivity index (χ1v) is 9.71. The molecule has 1 aromatic heterocycles. The summed E-state index contributed by atoms with van der Waals surface area (Å²) >= 11 is 3.61. The summed E-state index contributed by atoms with van der Waals surface area (Å²) in [4.78, 5) is 15.2. The minimum atomic E-state index is -0.512. The van der Waals surface area contributed by atoms with E-state index in [1.54, 1.807) is 12.3 Å². The van der Waals surface area contributed by atoms with Gasteiger partial charge in [-0.25, -0.2) is 0 Å². The van der Waals surface area contributed by atoms with E-state index >= 15 is 0 Å². The van der Waals surface area contributed by atoms with Crippen molar-refractivity contribution >= 4 is 38.5 Å². The van der Waals surface area contributed by atoms with Crippen LogP contribution in [0, 0.1) is 0 Å². The van der Waals surface area contributed by atoms with Crippen LogP contribution in [0.2, 0.25) is 0 Å². The number of hydrogen-bond acceptors (Lipinski definition) is 3. The summed E-state index contributed by atoms with van der Waals surface area (Å²) in [5.74, 6) is -0.412. The van der Waals surface area contributed by atoms with Crippen LogP contribution in [0.5, 0.6) is 5.75 Å². The minimum Gasteiger partial charge on any atom is -0.507 e. The number of furan rings is 1. The van der Waals surface area contributed by atoms with Crippen LogP contribution in [-0.2, 0) is 4.79 Å². The zero-order valence-corrected chi connectivity index (χ0v) is 16.1. The molecule has 0 radical (unpaired) electrons. The van der Waals surface area contributed by atoms with Crippen LogP contribution < -0.4 is 4.90 Å². The summed E-state index contributed by atoms with van der Waals surface area (Å²) in [5.41, 5.74) is 3.09. The van der Waals surface area contributed by atoms with Crippen LogP contribution in [0.15, 0.2) is 51.6 Å². The zero-order valence-electron chi connectivity index (χ0n) is 14.5. The molecule has 1 aliphatic rings. The van der Waals surface area contributed by atoms with Gasteiger partial charge in [-0.3, -0.25) is 4.79 Å². The second kappa shape index (κ2) is 6.80. The third kappa shape index (κ3) is 2.71. The van der Waals surface area contributed by atoms with Crippen molar-refractivity contribution in [2.45, 2.75) is 32.1 Å². The average molecular weight is 414 g/mol. The van der Waals surface area contributed by atoms with E-state index in [0.717, 1.165) is 40.4 Å². The number of aromatic hydroxyl groups is 1. The number of phenolic OH excluding ortho intramolecular Hbond substituents is 1. The highest BCUT2D eigenvalue weighted by molar-refractivity contribution is 9.10. The number of nitrogens with zero attached hydrogens (tertiary/aromatic N) is 1. The number of rotatable bonds is 5. The van der Waals surface area contributed by atoms with Crippen LogP contribution >= 0.6 is 15.9 Å². The second-order valence-corrected chi connectivity index (χ2v) is 7.53. The second-order valence-electron chi connectivity index (χ2n) is 6.67. The molecule has 0 aliphatic carbocycles. The fraction of sp³-hybridized carbons (Fsp3) is 0.286. The summed E-state index contributed by atoms with van der Waals surface area (Å²) in [6.07, 6.45) is 4.75. The number of benzene rings is 2. The number of unbranched alkanes of at least 4 members (excludes halogenated alkanes) is 2. The molecule has 1 aliphatic heterocycles. The monoisotopic (exact) mass is 413 g/mol. The highest BCUT2D eigenvalue weighted by Crippen LogP contribution is 2.47. The molecule has 5 heteroatoms. The largest absolute Gasteiger partial charge is 0.507 e. The fourth-order valence-corrected chi connectivity index (χ4v) is 4.32. The molecular formula is C21H20BrNO3. The van der Waals surface area contributed by atoms with E-state index in [2.05, 4.69) is 22.9 Å². The van der Waals surface area contributed by atoms with Gasteiger partial charge in [0, 0.05) is 39.3 Å². The third-order valence-corrected chi connectivity index (χ3v) is 5.71. The zero-order chi connectivity index (χ0) is 18.3. The fourth-order valence-electron chi connectivity index (χ4n) is 3.73. The maximum Gasteiger partial charge on any atom is 0.239 e. The lowest BCUT2D eigenvalue weighted by molar-refractivity contribution is -0.118. The normalized spacial score (nSPS) is 16.5. The molecular weight excluding hydrogens is 394 g/mol. The molecule has 1 atom stereocenters. The molecule has 0 fully saturated rings. The van der Waals surface area contributed by atoms with Gasteiger partial charge < -0.3 is 14.4 Å². The van der Waals surface area contributed by atoms with Gasteiger partial charge in [-0.05, 0) is 30.7 Å².